The van der Waals surface area contributed by atoms with E-state index in [0.717, 1.165) is 66.1 Å². The second-order valence-corrected chi connectivity index (χ2v) is 7.10. The highest BCUT2D eigenvalue weighted by atomic mass is 35.5. The van der Waals surface area contributed by atoms with Crippen LogP contribution < -0.4 is 10.1 Å². The molecule has 0 aliphatic rings. The predicted molar refractivity (Wildman–Crippen MR) is 111 cm³/mol. The minimum Gasteiger partial charge on any atom is -0.489 e. The van der Waals surface area contributed by atoms with Gasteiger partial charge in [-0.3, -0.25) is 0 Å². The normalized spacial score (nSPS) is 11.1. The monoisotopic (exact) mass is 394 g/mol. The summed E-state index contributed by atoms with van der Waals surface area (Å²) in [6.07, 6.45) is 1.13. The van der Waals surface area contributed by atoms with E-state index < -0.39 is 0 Å². The van der Waals surface area contributed by atoms with Crippen LogP contribution in [0.5, 0.6) is 5.75 Å². The van der Waals surface area contributed by atoms with Gasteiger partial charge in [0.2, 0.25) is 0 Å². The number of rotatable bonds is 11. The summed E-state index contributed by atoms with van der Waals surface area (Å²) in [7, 11) is 0. The van der Waals surface area contributed by atoms with Crippen molar-refractivity contribution in [1.82, 2.24) is 10.2 Å². The molecule has 0 fully saturated rings. The smallest absolute Gasteiger partial charge is 0.124 e. The molecule has 2 aromatic rings. The fourth-order valence-electron chi connectivity index (χ4n) is 2.81. The molecule has 3 nitrogen and oxygen atoms in total. The van der Waals surface area contributed by atoms with Crippen molar-refractivity contribution in [1.29, 1.82) is 0 Å². The quantitative estimate of drug-likeness (QED) is 0.516. The summed E-state index contributed by atoms with van der Waals surface area (Å²) in [5, 5.41) is 4.94. The van der Waals surface area contributed by atoms with Crippen LogP contribution >= 0.6 is 23.2 Å². The van der Waals surface area contributed by atoms with E-state index >= 15 is 0 Å². The summed E-state index contributed by atoms with van der Waals surface area (Å²) in [4.78, 5) is 2.43. The maximum Gasteiger partial charge on any atom is 0.124 e. The zero-order valence-corrected chi connectivity index (χ0v) is 17.1. The van der Waals surface area contributed by atoms with Crippen LogP contribution in [-0.4, -0.2) is 31.1 Å². The Morgan fingerprint density at radius 2 is 1.77 bits per heavy atom. The van der Waals surface area contributed by atoms with E-state index in [2.05, 4.69) is 24.1 Å². The molecule has 5 heteroatoms. The van der Waals surface area contributed by atoms with Gasteiger partial charge in [-0.2, -0.15) is 0 Å². The zero-order valence-electron chi connectivity index (χ0n) is 15.6. The van der Waals surface area contributed by atoms with Crippen molar-refractivity contribution in [3.63, 3.8) is 0 Å². The van der Waals surface area contributed by atoms with E-state index in [9.17, 15) is 0 Å². The zero-order chi connectivity index (χ0) is 18.8. The number of hydrogen-bond donors (Lipinski definition) is 1. The molecule has 0 amide bonds. The molecule has 0 saturated heterocycles. The number of benzene rings is 2. The third-order valence-corrected chi connectivity index (χ3v) is 4.81. The standard InChI is InChI=1S/C21H28Cl2N2O/c1-3-25(4-2)12-6-11-24-15-18-14-20(23)9-10-21(18)26-16-17-7-5-8-19(22)13-17/h5,7-10,13-14,24H,3-4,6,11-12,15-16H2,1-2H3. The molecule has 26 heavy (non-hydrogen) atoms. The van der Waals surface area contributed by atoms with Crippen molar-refractivity contribution < 1.29 is 4.74 Å². The first-order chi connectivity index (χ1) is 12.6. The van der Waals surface area contributed by atoms with Crippen LogP contribution in [0.4, 0.5) is 0 Å². The van der Waals surface area contributed by atoms with Gasteiger partial charge in [0.15, 0.2) is 0 Å². The van der Waals surface area contributed by atoms with E-state index in [4.69, 9.17) is 27.9 Å². The molecule has 2 rings (SSSR count). The highest BCUT2D eigenvalue weighted by Gasteiger charge is 2.06. The third kappa shape index (κ3) is 7.16. The predicted octanol–water partition coefficient (Wildman–Crippen LogP) is 5.39. The van der Waals surface area contributed by atoms with Gasteiger partial charge in [0, 0.05) is 22.2 Å². The van der Waals surface area contributed by atoms with Crippen LogP contribution in [0.3, 0.4) is 0 Å². The van der Waals surface area contributed by atoms with Crippen LogP contribution in [-0.2, 0) is 13.2 Å². The van der Waals surface area contributed by atoms with Crippen LogP contribution in [0.1, 0.15) is 31.4 Å². The molecule has 0 atom stereocenters. The van der Waals surface area contributed by atoms with Gasteiger partial charge in [0.25, 0.3) is 0 Å². The minimum atomic E-state index is 0.483. The van der Waals surface area contributed by atoms with E-state index in [0.29, 0.717) is 6.61 Å². The Morgan fingerprint density at radius 3 is 2.50 bits per heavy atom. The maximum absolute atomic E-state index is 6.17. The molecule has 0 bridgehead atoms. The molecule has 0 aliphatic carbocycles. The van der Waals surface area contributed by atoms with E-state index in [1.807, 2.05) is 42.5 Å². The highest BCUT2D eigenvalue weighted by Crippen LogP contribution is 2.24. The first-order valence-corrected chi connectivity index (χ1v) is 9.96. The Morgan fingerprint density at radius 1 is 1.00 bits per heavy atom. The van der Waals surface area contributed by atoms with Gasteiger partial charge in [0.05, 0.1) is 0 Å². The first kappa shape index (κ1) is 21.0. The summed E-state index contributed by atoms with van der Waals surface area (Å²) in [6, 6.07) is 13.5. The Balaban J connectivity index is 1.86. The first-order valence-electron chi connectivity index (χ1n) is 9.21. The van der Waals surface area contributed by atoms with Crippen molar-refractivity contribution in [2.45, 2.75) is 33.4 Å². The van der Waals surface area contributed by atoms with E-state index in [-0.39, 0.29) is 0 Å². The summed E-state index contributed by atoms with van der Waals surface area (Å²) in [5.74, 6) is 0.852. The minimum absolute atomic E-state index is 0.483. The Bertz CT molecular complexity index is 675. The molecule has 0 saturated carbocycles. The number of hydrogen-bond acceptors (Lipinski definition) is 3. The van der Waals surface area contributed by atoms with Gasteiger partial charge in [-0.15, -0.1) is 0 Å². The van der Waals surface area contributed by atoms with Crippen molar-refractivity contribution in [2.75, 3.05) is 26.2 Å². The van der Waals surface area contributed by atoms with Gasteiger partial charge in [-0.05, 0) is 68.5 Å². The number of halogens is 2. The summed E-state index contributed by atoms with van der Waals surface area (Å²) in [5.41, 5.74) is 2.12. The molecular weight excluding hydrogens is 367 g/mol. The molecular formula is C21H28Cl2N2O. The lowest BCUT2D eigenvalue weighted by molar-refractivity contribution is 0.295. The van der Waals surface area contributed by atoms with Gasteiger partial charge >= 0.3 is 0 Å². The van der Waals surface area contributed by atoms with Gasteiger partial charge in [0.1, 0.15) is 12.4 Å². The highest BCUT2D eigenvalue weighted by molar-refractivity contribution is 6.30. The van der Waals surface area contributed by atoms with Crippen molar-refractivity contribution in [3.8, 4) is 5.75 Å². The topological polar surface area (TPSA) is 24.5 Å². The van der Waals surface area contributed by atoms with E-state index in [1.165, 1.54) is 0 Å². The summed E-state index contributed by atoms with van der Waals surface area (Å²) < 4.78 is 6.00. The second-order valence-electron chi connectivity index (χ2n) is 6.23. The SMILES string of the molecule is CCN(CC)CCCNCc1cc(Cl)ccc1OCc1cccc(Cl)c1. The van der Waals surface area contributed by atoms with Crippen molar-refractivity contribution in [3.05, 3.63) is 63.6 Å². The molecule has 1 N–H and O–H groups in total. The van der Waals surface area contributed by atoms with Crippen molar-refractivity contribution in [2.24, 2.45) is 0 Å². The molecule has 0 aromatic heterocycles. The van der Waals surface area contributed by atoms with Crippen LogP contribution in [0.25, 0.3) is 0 Å². The largest absolute Gasteiger partial charge is 0.489 e. The van der Waals surface area contributed by atoms with Crippen LogP contribution in [0.2, 0.25) is 10.0 Å². The van der Waals surface area contributed by atoms with Crippen LogP contribution in [0.15, 0.2) is 42.5 Å². The Kier molecular flexibility index (Phi) is 9.27. The lowest BCUT2D eigenvalue weighted by atomic mass is 10.2. The lowest BCUT2D eigenvalue weighted by Crippen LogP contribution is -2.27. The number of nitrogens with zero attached hydrogens (tertiary/aromatic N) is 1. The fraction of sp³-hybridized carbons (Fsp3) is 0.429. The second kappa shape index (κ2) is 11.5. The third-order valence-electron chi connectivity index (χ3n) is 4.34. The Labute approximate surface area is 167 Å². The van der Waals surface area contributed by atoms with Gasteiger partial charge in [-0.25, -0.2) is 0 Å². The van der Waals surface area contributed by atoms with Crippen LogP contribution in [0, 0.1) is 0 Å². The molecule has 0 unspecified atom stereocenters. The van der Waals surface area contributed by atoms with Gasteiger partial charge in [-0.1, -0.05) is 49.2 Å². The average Bonchev–Trinajstić information content (AvgIpc) is 2.64. The molecule has 0 radical (unpaired) electrons. The molecule has 0 spiro atoms. The Hall–Kier alpha value is -1.26. The summed E-state index contributed by atoms with van der Waals surface area (Å²) in [6.45, 7) is 9.92. The molecule has 0 aliphatic heterocycles. The number of nitrogens with one attached hydrogen (secondary N) is 1. The lowest BCUT2D eigenvalue weighted by Gasteiger charge is -2.18. The molecule has 2 aromatic carbocycles. The maximum atomic E-state index is 6.17. The van der Waals surface area contributed by atoms with Crippen molar-refractivity contribution >= 4 is 23.2 Å². The fourth-order valence-corrected chi connectivity index (χ4v) is 3.21. The molecule has 142 valence electrons. The summed E-state index contributed by atoms with van der Waals surface area (Å²) >= 11 is 12.2. The number of ether oxygens (including phenoxy) is 1. The average molecular weight is 395 g/mol. The van der Waals surface area contributed by atoms with Gasteiger partial charge < -0.3 is 15.0 Å². The van der Waals surface area contributed by atoms with E-state index in [1.54, 1.807) is 0 Å². The molecule has 0 heterocycles.